The van der Waals surface area contributed by atoms with Crippen molar-refractivity contribution < 1.29 is 32.2 Å². The molecule has 0 aromatic heterocycles. The average Bonchev–Trinajstić information content (AvgIpc) is 3.48. The summed E-state index contributed by atoms with van der Waals surface area (Å²) in [6.45, 7) is 2.41. The summed E-state index contributed by atoms with van der Waals surface area (Å²) in [5.74, 6) is -0.332. The van der Waals surface area contributed by atoms with E-state index >= 15 is 0 Å². The van der Waals surface area contributed by atoms with Gasteiger partial charge in [0.25, 0.3) is 0 Å². The van der Waals surface area contributed by atoms with Crippen molar-refractivity contribution in [3.05, 3.63) is 60.2 Å². The fourth-order valence-electron chi connectivity index (χ4n) is 5.44. The van der Waals surface area contributed by atoms with Gasteiger partial charge in [0.15, 0.2) is 0 Å². The molecule has 2 fully saturated rings. The monoisotopic (exact) mass is 561 g/mol. The van der Waals surface area contributed by atoms with Crippen LogP contribution in [0.1, 0.15) is 56.6 Å². The van der Waals surface area contributed by atoms with Crippen LogP contribution < -0.4 is 15.4 Å². The van der Waals surface area contributed by atoms with Crippen LogP contribution >= 0.6 is 0 Å². The van der Waals surface area contributed by atoms with Gasteiger partial charge in [-0.15, -0.1) is 13.2 Å². The first-order chi connectivity index (χ1) is 19.3. The van der Waals surface area contributed by atoms with Gasteiger partial charge >= 0.3 is 6.36 Å². The van der Waals surface area contributed by atoms with E-state index < -0.39 is 18.3 Å². The fourth-order valence-corrected chi connectivity index (χ4v) is 5.44. The van der Waals surface area contributed by atoms with E-state index in [1.807, 2.05) is 30.3 Å². The predicted octanol–water partition coefficient (Wildman–Crippen LogP) is 5.69. The smallest absolute Gasteiger partial charge is 0.406 e. The molecule has 2 aliphatic rings. The van der Waals surface area contributed by atoms with Crippen molar-refractivity contribution >= 4 is 17.5 Å². The van der Waals surface area contributed by atoms with Crippen molar-refractivity contribution in [2.75, 3.05) is 38.2 Å². The molecule has 1 saturated heterocycles. The molecule has 0 bridgehead atoms. The summed E-state index contributed by atoms with van der Waals surface area (Å²) in [7, 11) is 0. The molecule has 40 heavy (non-hydrogen) atoms. The zero-order valence-corrected chi connectivity index (χ0v) is 22.6. The maximum Gasteiger partial charge on any atom is 0.573 e. The number of hydrogen-bond acceptors (Lipinski definition) is 5. The van der Waals surface area contributed by atoms with Crippen LogP contribution in [0.4, 0.5) is 18.9 Å². The van der Waals surface area contributed by atoms with E-state index in [1.54, 1.807) is 4.90 Å². The second kappa shape index (κ2) is 14.4. The first-order valence-corrected chi connectivity index (χ1v) is 14.1. The summed E-state index contributed by atoms with van der Waals surface area (Å²) in [5, 5.41) is 6.37. The van der Waals surface area contributed by atoms with E-state index in [0.29, 0.717) is 50.9 Å². The lowest BCUT2D eigenvalue weighted by Gasteiger charge is -2.29. The minimum Gasteiger partial charge on any atom is -0.406 e. The Morgan fingerprint density at radius 3 is 2.33 bits per heavy atom. The normalized spacial score (nSPS) is 17.7. The molecule has 1 saturated carbocycles. The first-order valence-electron chi connectivity index (χ1n) is 14.1. The summed E-state index contributed by atoms with van der Waals surface area (Å²) in [5.41, 5.74) is 1.47. The average molecular weight is 562 g/mol. The second-order valence-corrected chi connectivity index (χ2v) is 10.5. The van der Waals surface area contributed by atoms with Crippen LogP contribution in [0.25, 0.3) is 0 Å². The lowest BCUT2D eigenvalue weighted by molar-refractivity contribution is -0.274. The molecule has 4 rings (SSSR count). The number of ether oxygens (including phenoxy) is 2. The van der Waals surface area contributed by atoms with Crippen molar-refractivity contribution in [1.82, 2.24) is 10.2 Å². The Labute approximate surface area is 233 Å². The van der Waals surface area contributed by atoms with Crippen molar-refractivity contribution in [3.63, 3.8) is 0 Å². The van der Waals surface area contributed by atoms with Gasteiger partial charge in [-0.1, -0.05) is 56.0 Å². The van der Waals surface area contributed by atoms with Crippen LogP contribution in [0, 0.1) is 11.8 Å². The van der Waals surface area contributed by atoms with E-state index in [9.17, 15) is 22.8 Å². The maximum absolute atomic E-state index is 13.7. The van der Waals surface area contributed by atoms with Crippen molar-refractivity contribution in [1.29, 1.82) is 0 Å². The molecule has 1 unspecified atom stereocenters. The highest BCUT2D eigenvalue weighted by Crippen LogP contribution is 2.31. The number of anilines is 1. The summed E-state index contributed by atoms with van der Waals surface area (Å²) in [6, 6.07) is 14.6. The number of carbonyl (C=O) groups is 2. The molecule has 218 valence electrons. The number of alkyl halides is 3. The van der Waals surface area contributed by atoms with Crippen LogP contribution in [0.3, 0.4) is 0 Å². The van der Waals surface area contributed by atoms with Crippen LogP contribution in [0.15, 0.2) is 54.6 Å². The summed E-state index contributed by atoms with van der Waals surface area (Å²) in [4.78, 5) is 28.5. The van der Waals surface area contributed by atoms with Crippen LogP contribution in [-0.2, 0) is 14.3 Å². The van der Waals surface area contributed by atoms with E-state index in [-0.39, 0.29) is 24.0 Å². The Bertz CT molecular complexity index is 1070. The predicted molar refractivity (Wildman–Crippen MR) is 146 cm³/mol. The van der Waals surface area contributed by atoms with Crippen LogP contribution in [0.5, 0.6) is 5.75 Å². The second-order valence-electron chi connectivity index (χ2n) is 10.5. The van der Waals surface area contributed by atoms with Crippen LogP contribution in [0.2, 0.25) is 0 Å². The van der Waals surface area contributed by atoms with Crippen molar-refractivity contribution in [2.24, 2.45) is 11.8 Å². The lowest BCUT2D eigenvalue weighted by Crippen LogP contribution is -2.43. The van der Waals surface area contributed by atoms with Gasteiger partial charge in [0.05, 0.1) is 19.3 Å². The quantitative estimate of drug-likeness (QED) is 0.348. The number of carbonyl (C=O) groups excluding carboxylic acids is 2. The summed E-state index contributed by atoms with van der Waals surface area (Å²) < 4.78 is 46.8. The maximum atomic E-state index is 13.7. The Balaban J connectivity index is 1.43. The van der Waals surface area contributed by atoms with Gasteiger partial charge in [-0.2, -0.15) is 0 Å². The van der Waals surface area contributed by atoms with Gasteiger partial charge in [0.2, 0.25) is 11.8 Å². The van der Waals surface area contributed by atoms with Gasteiger partial charge < -0.3 is 25.0 Å². The van der Waals surface area contributed by atoms with Gasteiger partial charge in [0, 0.05) is 37.7 Å². The minimum atomic E-state index is -4.75. The van der Waals surface area contributed by atoms with Gasteiger partial charge in [-0.3, -0.25) is 9.59 Å². The van der Waals surface area contributed by atoms with Crippen molar-refractivity contribution in [2.45, 2.75) is 57.3 Å². The number of nitrogens with one attached hydrogen (secondary N) is 2. The Morgan fingerprint density at radius 1 is 1.00 bits per heavy atom. The Hall–Kier alpha value is -3.27. The molecule has 7 nitrogen and oxygen atoms in total. The third-order valence-corrected chi connectivity index (χ3v) is 7.67. The minimum absolute atomic E-state index is 0.0228. The Kier molecular flexibility index (Phi) is 10.7. The number of halogens is 3. The zero-order chi connectivity index (χ0) is 28.4. The van der Waals surface area contributed by atoms with E-state index in [1.165, 1.54) is 49.9 Å². The number of hydrogen-bond donors (Lipinski definition) is 2. The zero-order valence-electron chi connectivity index (χ0n) is 22.6. The molecular weight excluding hydrogens is 523 g/mol. The molecule has 10 heteroatoms. The third kappa shape index (κ3) is 9.43. The lowest BCUT2D eigenvalue weighted by atomic mass is 9.91. The number of nitrogens with zero attached hydrogens (tertiary/aromatic N) is 1. The van der Waals surface area contributed by atoms with Gasteiger partial charge in [0.1, 0.15) is 5.75 Å². The highest BCUT2D eigenvalue weighted by molar-refractivity contribution is 5.86. The van der Waals surface area contributed by atoms with Crippen LogP contribution in [-0.4, -0.2) is 55.9 Å². The standard InChI is InChI=1S/C30H38F3N3O4/c31-30(32,33)40-26-14-12-25(13-15-26)34-21-27(23-8-2-1-3-9-23)35-29(38)24(11-10-22-6-4-5-7-22)20-28(37)36-16-18-39-19-17-36/h1-3,8-9,12-15,22,24,27,34H,4-7,10-11,16-21H2,(H,35,38)/t24-,27?/m1/s1. The first kappa shape index (κ1) is 29.7. The molecule has 2 aromatic rings. The molecule has 0 spiro atoms. The number of amides is 2. The van der Waals surface area contributed by atoms with Gasteiger partial charge in [-0.25, -0.2) is 0 Å². The number of morpholine rings is 1. The molecule has 1 heterocycles. The highest BCUT2D eigenvalue weighted by atomic mass is 19.4. The number of rotatable bonds is 12. The molecule has 2 atom stereocenters. The molecule has 2 N–H and O–H groups in total. The SMILES string of the molecule is O=C(NC(CNc1ccc(OC(F)(F)F)cc1)c1ccccc1)[C@H](CCC1CCCC1)CC(=O)N1CCOCC1. The van der Waals surface area contributed by atoms with E-state index in [0.717, 1.165) is 12.0 Å². The molecular formula is C30H38F3N3O4. The molecule has 1 aliphatic carbocycles. The molecule has 0 radical (unpaired) electrons. The molecule has 1 aliphatic heterocycles. The number of benzene rings is 2. The molecule has 2 amide bonds. The summed E-state index contributed by atoms with van der Waals surface area (Å²) >= 11 is 0. The Morgan fingerprint density at radius 2 is 1.68 bits per heavy atom. The van der Waals surface area contributed by atoms with Gasteiger partial charge in [-0.05, 0) is 48.6 Å². The topological polar surface area (TPSA) is 79.9 Å². The van der Waals surface area contributed by atoms with E-state index in [2.05, 4.69) is 15.4 Å². The third-order valence-electron chi connectivity index (χ3n) is 7.67. The van der Waals surface area contributed by atoms with E-state index in [4.69, 9.17) is 4.74 Å². The summed E-state index contributed by atoms with van der Waals surface area (Å²) in [6.07, 6.45) is 1.78. The largest absolute Gasteiger partial charge is 0.573 e. The fraction of sp³-hybridized carbons (Fsp3) is 0.533. The highest BCUT2D eigenvalue weighted by Gasteiger charge is 2.31. The molecule has 2 aromatic carbocycles. The van der Waals surface area contributed by atoms with Crippen molar-refractivity contribution in [3.8, 4) is 5.75 Å².